The molecule has 6 nitrogen and oxygen atoms in total. The molecule has 0 saturated carbocycles. The predicted molar refractivity (Wildman–Crippen MR) is 487 cm³/mol. The Bertz CT molecular complexity index is 3330. The van der Waals surface area contributed by atoms with Crippen molar-refractivity contribution in [3.63, 3.8) is 0 Å². The number of allylic oxidation sites excluding steroid dienone is 6. The molecule has 0 fully saturated rings. The molecular formula is C108H142O6. The summed E-state index contributed by atoms with van der Waals surface area (Å²) >= 11 is 0. The third-order valence-electron chi connectivity index (χ3n) is 21.7. The van der Waals surface area contributed by atoms with Crippen LogP contribution in [0.5, 0.6) is 34.5 Å². The van der Waals surface area contributed by atoms with Crippen LogP contribution >= 0.6 is 0 Å². The topological polar surface area (TPSA) is 55.4 Å². The summed E-state index contributed by atoms with van der Waals surface area (Å²) in [6, 6.07) is 60.4. The molecule has 0 heterocycles. The second-order valence-electron chi connectivity index (χ2n) is 31.0. The van der Waals surface area contributed by atoms with Crippen molar-refractivity contribution >= 4 is 0 Å². The summed E-state index contributed by atoms with van der Waals surface area (Å²) in [4.78, 5) is 0. The van der Waals surface area contributed by atoms with Crippen LogP contribution < -0.4 is 28.4 Å². The molecule has 0 unspecified atom stereocenters. The molecule has 6 heteroatoms. The summed E-state index contributed by atoms with van der Waals surface area (Å²) in [5, 5.41) is 0. The minimum atomic E-state index is -1.02. The SMILES string of the molecule is C=CCCCCCCCCOc1cccc(C(C#Cc2ccc(C#CC(c3cccc(OCCCCCCCCC=C)c3)(c3cccc(OCCCCCCCCC=C)c3)c3cccc(OCCCCCCCCC=C)c3)cc2)(c2cccc(OCCCCCCCCC=C)c2)c2cccc(OCCCCCCCCC=C)c2)c1. The Morgan fingerprint density at radius 2 is 0.360 bits per heavy atom. The Kier molecular flexibility index (Phi) is 47.4. The number of ether oxygens (including phenoxy) is 6. The van der Waals surface area contributed by atoms with Crippen molar-refractivity contribution in [2.75, 3.05) is 39.6 Å². The molecule has 0 saturated heterocycles. The fourth-order valence-electron chi connectivity index (χ4n) is 15.0. The Labute approximate surface area is 692 Å². The first-order valence-corrected chi connectivity index (χ1v) is 44.6. The van der Waals surface area contributed by atoms with Gasteiger partial charge in [-0.3, -0.25) is 0 Å². The van der Waals surface area contributed by atoms with Crippen LogP contribution in [0.15, 0.2) is 246 Å². The van der Waals surface area contributed by atoms with Gasteiger partial charge in [0.15, 0.2) is 0 Å². The number of unbranched alkanes of at least 4 members (excludes halogenated alkanes) is 36. The first-order chi connectivity index (χ1) is 56.4. The zero-order valence-corrected chi connectivity index (χ0v) is 70.3. The van der Waals surface area contributed by atoms with Gasteiger partial charge < -0.3 is 28.4 Å². The Balaban J connectivity index is 1.32. The molecule has 0 amide bonds. The third kappa shape index (κ3) is 34.9. The normalized spacial score (nSPS) is 11.2. The largest absolute Gasteiger partial charge is 0.494 e. The van der Waals surface area contributed by atoms with Crippen LogP contribution in [-0.2, 0) is 10.8 Å². The zero-order valence-electron chi connectivity index (χ0n) is 70.3. The van der Waals surface area contributed by atoms with Gasteiger partial charge in [0.25, 0.3) is 0 Å². The lowest BCUT2D eigenvalue weighted by Crippen LogP contribution is -2.28. The van der Waals surface area contributed by atoms with Gasteiger partial charge in [0, 0.05) is 11.1 Å². The van der Waals surface area contributed by atoms with E-state index >= 15 is 0 Å². The highest BCUT2D eigenvalue weighted by molar-refractivity contribution is 5.65. The van der Waals surface area contributed by atoms with Gasteiger partial charge in [-0.05, 0) is 246 Å². The highest BCUT2D eigenvalue weighted by atomic mass is 16.5. The van der Waals surface area contributed by atoms with E-state index in [1.54, 1.807) is 0 Å². The maximum atomic E-state index is 6.72. The van der Waals surface area contributed by atoms with E-state index in [9.17, 15) is 0 Å². The van der Waals surface area contributed by atoms with E-state index in [1.807, 2.05) is 36.5 Å². The average molecular weight is 1540 g/mol. The van der Waals surface area contributed by atoms with Crippen molar-refractivity contribution in [2.45, 2.75) is 281 Å². The molecule has 7 rings (SSSR count). The van der Waals surface area contributed by atoms with Crippen LogP contribution in [-0.4, -0.2) is 39.6 Å². The smallest absolute Gasteiger partial charge is 0.119 e. The second kappa shape index (κ2) is 58.7. The van der Waals surface area contributed by atoms with Crippen LogP contribution in [0, 0.1) is 23.7 Å². The van der Waals surface area contributed by atoms with Crippen LogP contribution in [0.2, 0.25) is 0 Å². The van der Waals surface area contributed by atoms with Gasteiger partial charge in [-0.25, -0.2) is 0 Å². The molecule has 0 aliphatic carbocycles. The van der Waals surface area contributed by atoms with Gasteiger partial charge in [-0.15, -0.1) is 39.5 Å². The standard InChI is InChI=1S/C108H142O6/c1-7-13-19-25-31-37-43-49-81-109-101-67-55-61-95(87-101)107(96-62-56-68-102(88-96)110-82-50-44-38-32-26-20-14-8-2,97-63-57-69-103(89-97)111-83-51-45-39-33-27-21-15-9-3)79-77-93-73-75-94(76-74-93)78-80-108(98-64-58-70-104(90-98)112-84-52-46-40-34-28-22-16-10-4,99-65-59-71-105(91-99)113-85-53-47-41-35-29-23-17-11-5)100-66-60-72-106(92-100)114-86-54-48-42-36-30-24-18-12-6/h7-12,55-76,87-92H,1-6,13-54,81-86H2. The highest BCUT2D eigenvalue weighted by Crippen LogP contribution is 2.45. The summed E-state index contributed by atoms with van der Waals surface area (Å²) in [7, 11) is 0. The molecule has 0 atom stereocenters. The summed E-state index contributed by atoms with van der Waals surface area (Å²) in [5.41, 5.74) is 5.65. The first-order valence-electron chi connectivity index (χ1n) is 44.6. The summed E-state index contributed by atoms with van der Waals surface area (Å²) in [6.45, 7) is 27.3. The molecule has 0 aliphatic rings. The van der Waals surface area contributed by atoms with Gasteiger partial charge >= 0.3 is 0 Å². The molecule has 114 heavy (non-hydrogen) atoms. The quantitative estimate of drug-likeness (QED) is 0.0164. The molecule has 0 radical (unpaired) electrons. The average Bonchev–Trinajstić information content (AvgIpc) is 0.754. The van der Waals surface area contributed by atoms with E-state index < -0.39 is 10.8 Å². The summed E-state index contributed by atoms with van der Waals surface area (Å²) in [5.74, 6) is 20.6. The first kappa shape index (κ1) is 92.1. The monoisotopic (exact) mass is 1540 g/mol. The lowest BCUT2D eigenvalue weighted by atomic mass is 9.69. The van der Waals surface area contributed by atoms with E-state index in [2.05, 4.69) is 233 Å². The number of rotatable bonds is 66. The molecule has 7 aromatic carbocycles. The van der Waals surface area contributed by atoms with Crippen molar-refractivity contribution in [2.24, 2.45) is 0 Å². The molecule has 0 aromatic heterocycles. The Morgan fingerprint density at radius 3 is 0.526 bits per heavy atom. The minimum Gasteiger partial charge on any atom is -0.494 e. The van der Waals surface area contributed by atoms with Crippen molar-refractivity contribution in [3.8, 4) is 58.2 Å². The van der Waals surface area contributed by atoms with Gasteiger partial charge in [-0.1, -0.05) is 287 Å². The van der Waals surface area contributed by atoms with E-state index in [4.69, 9.17) is 28.4 Å². The maximum absolute atomic E-state index is 6.72. The summed E-state index contributed by atoms with van der Waals surface area (Å²) < 4.78 is 40.3. The molecule has 0 aliphatic heterocycles. The van der Waals surface area contributed by atoms with Gasteiger partial charge in [-0.2, -0.15) is 0 Å². The van der Waals surface area contributed by atoms with E-state index in [0.717, 1.165) is 195 Å². The number of hydrogen-bond acceptors (Lipinski definition) is 6. The van der Waals surface area contributed by atoms with E-state index in [-0.39, 0.29) is 0 Å². The lowest BCUT2D eigenvalue weighted by molar-refractivity contribution is 0.302. The lowest BCUT2D eigenvalue weighted by Gasteiger charge is -2.32. The van der Waals surface area contributed by atoms with Crippen LogP contribution in [0.1, 0.15) is 314 Å². The van der Waals surface area contributed by atoms with Gasteiger partial charge in [0.05, 0.1) is 39.6 Å². The number of benzene rings is 7. The third-order valence-corrected chi connectivity index (χ3v) is 21.7. The number of hydrogen-bond donors (Lipinski definition) is 0. The highest BCUT2D eigenvalue weighted by Gasteiger charge is 2.38. The molecule has 610 valence electrons. The van der Waals surface area contributed by atoms with Crippen molar-refractivity contribution in [1.82, 2.24) is 0 Å². The van der Waals surface area contributed by atoms with E-state index in [1.165, 1.54) is 154 Å². The molecule has 0 spiro atoms. The van der Waals surface area contributed by atoms with Crippen LogP contribution in [0.4, 0.5) is 0 Å². The Hall–Kier alpha value is -9.10. The second-order valence-corrected chi connectivity index (χ2v) is 31.0. The van der Waals surface area contributed by atoms with Gasteiger partial charge in [0.2, 0.25) is 0 Å². The van der Waals surface area contributed by atoms with Crippen molar-refractivity contribution in [3.05, 3.63) is 290 Å². The maximum Gasteiger partial charge on any atom is 0.119 e. The van der Waals surface area contributed by atoms with Crippen LogP contribution in [0.3, 0.4) is 0 Å². The molecule has 0 bridgehead atoms. The van der Waals surface area contributed by atoms with Crippen LogP contribution in [0.25, 0.3) is 0 Å². The fourth-order valence-corrected chi connectivity index (χ4v) is 15.0. The zero-order chi connectivity index (χ0) is 80.1. The van der Waals surface area contributed by atoms with Gasteiger partial charge in [0.1, 0.15) is 45.3 Å². The minimum absolute atomic E-state index is 0.635. The van der Waals surface area contributed by atoms with Crippen molar-refractivity contribution < 1.29 is 28.4 Å². The predicted octanol–water partition coefficient (Wildman–Crippen LogP) is 30.2. The Morgan fingerprint density at radius 1 is 0.202 bits per heavy atom. The molecule has 0 N–H and O–H groups in total. The molecular weight excluding hydrogens is 1390 g/mol. The summed E-state index contributed by atoms with van der Waals surface area (Å²) in [6.07, 6.45) is 60.6. The van der Waals surface area contributed by atoms with Crippen molar-refractivity contribution in [1.29, 1.82) is 0 Å². The fraction of sp³-hybridized carbons (Fsp3) is 0.463. The van der Waals surface area contributed by atoms with E-state index in [0.29, 0.717) is 39.6 Å². The molecule has 7 aromatic rings.